The average molecular weight is 501 g/mol. The zero-order chi connectivity index (χ0) is 26.2. The van der Waals surface area contributed by atoms with Gasteiger partial charge < -0.3 is 5.32 Å². The molecule has 1 N–H and O–H groups in total. The van der Waals surface area contributed by atoms with Gasteiger partial charge in [0.05, 0.1) is 11.6 Å². The lowest BCUT2D eigenvalue weighted by atomic mass is 9.93. The number of hydrogen-bond acceptors (Lipinski definition) is 3. The van der Waals surface area contributed by atoms with Gasteiger partial charge in [0.25, 0.3) is 5.91 Å². The van der Waals surface area contributed by atoms with E-state index in [0.717, 1.165) is 33.3 Å². The van der Waals surface area contributed by atoms with Crippen LogP contribution in [0.15, 0.2) is 103 Å². The Hall–Kier alpha value is -4.71. The summed E-state index contributed by atoms with van der Waals surface area (Å²) in [4.78, 5) is 30.2. The maximum Gasteiger partial charge on any atom is 0.278 e. The molecule has 2 heterocycles. The van der Waals surface area contributed by atoms with Crippen LogP contribution in [0, 0.1) is 13.8 Å². The predicted molar refractivity (Wildman–Crippen MR) is 151 cm³/mol. The van der Waals surface area contributed by atoms with Crippen molar-refractivity contribution in [3.8, 4) is 0 Å². The molecular formula is C32H28N4O2. The molecule has 6 heteroatoms. The molecule has 5 aromatic rings. The van der Waals surface area contributed by atoms with Gasteiger partial charge in [0.15, 0.2) is 0 Å². The van der Waals surface area contributed by atoms with E-state index < -0.39 is 12.1 Å². The standard InChI is InChI=1S/C32H28N4O2/c1-21-12-11-13-22(2)28(21)33-31(37)30-27(20-23-14-5-3-6-15-23)36-29(25-18-9-10-19-26(25)34-36)32(38)35(30)24-16-7-4-8-17-24/h3-19,27,30H,20H2,1-2H3,(H,33,37). The third-order valence-electron chi connectivity index (χ3n) is 7.30. The Labute approximate surface area is 221 Å². The normalized spacial score (nSPS) is 16.9. The van der Waals surface area contributed by atoms with Crippen LogP contribution in [0.2, 0.25) is 0 Å². The van der Waals surface area contributed by atoms with Gasteiger partial charge in [-0.2, -0.15) is 5.10 Å². The lowest BCUT2D eigenvalue weighted by Crippen LogP contribution is -2.57. The first-order chi connectivity index (χ1) is 18.5. The molecule has 0 radical (unpaired) electrons. The Morgan fingerprint density at radius 1 is 0.816 bits per heavy atom. The topological polar surface area (TPSA) is 67.2 Å². The lowest BCUT2D eigenvalue weighted by molar-refractivity contribution is -0.118. The van der Waals surface area contributed by atoms with E-state index in [4.69, 9.17) is 5.10 Å². The summed E-state index contributed by atoms with van der Waals surface area (Å²) >= 11 is 0. The van der Waals surface area contributed by atoms with Crippen molar-refractivity contribution >= 4 is 34.1 Å². The number of nitrogens with one attached hydrogen (secondary N) is 1. The van der Waals surface area contributed by atoms with Crippen LogP contribution in [0.3, 0.4) is 0 Å². The fourth-order valence-corrected chi connectivity index (χ4v) is 5.47. The van der Waals surface area contributed by atoms with E-state index in [1.165, 1.54) is 0 Å². The molecule has 38 heavy (non-hydrogen) atoms. The van der Waals surface area contributed by atoms with Gasteiger partial charge in [-0.05, 0) is 55.2 Å². The minimum absolute atomic E-state index is 0.240. The van der Waals surface area contributed by atoms with Gasteiger partial charge in [-0.1, -0.05) is 84.9 Å². The van der Waals surface area contributed by atoms with Crippen LogP contribution >= 0.6 is 0 Å². The molecule has 2 unspecified atom stereocenters. The van der Waals surface area contributed by atoms with Gasteiger partial charge in [-0.25, -0.2) is 0 Å². The second-order valence-electron chi connectivity index (χ2n) is 9.78. The molecular weight excluding hydrogens is 472 g/mol. The van der Waals surface area contributed by atoms with Crippen molar-refractivity contribution in [2.45, 2.75) is 32.4 Å². The van der Waals surface area contributed by atoms with Gasteiger partial charge >= 0.3 is 0 Å². The van der Waals surface area contributed by atoms with Crippen LogP contribution in [0.1, 0.15) is 33.2 Å². The number of benzene rings is 4. The van der Waals surface area contributed by atoms with Crippen LogP contribution in [0.4, 0.5) is 11.4 Å². The number of para-hydroxylation sites is 2. The van der Waals surface area contributed by atoms with Gasteiger partial charge in [-0.15, -0.1) is 0 Å². The van der Waals surface area contributed by atoms with Crippen LogP contribution in [0.5, 0.6) is 0 Å². The molecule has 1 aliphatic rings. The lowest BCUT2D eigenvalue weighted by Gasteiger charge is -2.41. The molecule has 0 saturated carbocycles. The number of fused-ring (bicyclic) bond motifs is 3. The number of aromatic nitrogens is 2. The molecule has 4 aromatic carbocycles. The second kappa shape index (κ2) is 9.63. The number of carbonyl (C=O) groups excluding carboxylic acids is 2. The Bertz CT molecular complexity index is 1620. The summed E-state index contributed by atoms with van der Waals surface area (Å²) < 4.78 is 1.79. The zero-order valence-electron chi connectivity index (χ0n) is 21.3. The molecule has 0 spiro atoms. The molecule has 0 aliphatic carbocycles. The highest BCUT2D eigenvalue weighted by Gasteiger charge is 2.46. The van der Waals surface area contributed by atoms with E-state index in [0.29, 0.717) is 17.8 Å². The quantitative estimate of drug-likeness (QED) is 0.317. The summed E-state index contributed by atoms with van der Waals surface area (Å²) in [5, 5.41) is 8.83. The molecule has 0 fully saturated rings. The summed E-state index contributed by atoms with van der Waals surface area (Å²) in [6.45, 7) is 3.95. The highest BCUT2D eigenvalue weighted by molar-refractivity contribution is 6.17. The molecule has 2 amide bonds. The smallest absolute Gasteiger partial charge is 0.278 e. The number of aryl methyl sites for hydroxylation is 2. The van der Waals surface area contributed by atoms with Gasteiger partial charge in [0.2, 0.25) is 5.91 Å². The monoisotopic (exact) mass is 500 g/mol. The Balaban J connectivity index is 1.56. The summed E-state index contributed by atoms with van der Waals surface area (Å²) in [6, 6.07) is 31.8. The van der Waals surface area contributed by atoms with Crippen molar-refractivity contribution < 1.29 is 9.59 Å². The van der Waals surface area contributed by atoms with Crippen molar-refractivity contribution in [1.29, 1.82) is 0 Å². The van der Waals surface area contributed by atoms with E-state index in [-0.39, 0.29) is 11.8 Å². The van der Waals surface area contributed by atoms with Crippen LogP contribution < -0.4 is 10.2 Å². The number of rotatable bonds is 5. The molecule has 2 atom stereocenters. The average Bonchev–Trinajstić information content (AvgIpc) is 3.33. The van der Waals surface area contributed by atoms with E-state index in [9.17, 15) is 9.59 Å². The van der Waals surface area contributed by atoms with Crippen molar-refractivity contribution in [2.24, 2.45) is 0 Å². The van der Waals surface area contributed by atoms with Crippen molar-refractivity contribution in [3.63, 3.8) is 0 Å². The number of amides is 2. The van der Waals surface area contributed by atoms with Crippen LogP contribution in [-0.2, 0) is 11.2 Å². The maximum atomic E-state index is 14.3. The molecule has 6 nitrogen and oxygen atoms in total. The fourth-order valence-electron chi connectivity index (χ4n) is 5.47. The molecule has 1 aromatic heterocycles. The van der Waals surface area contributed by atoms with Crippen LogP contribution in [-0.4, -0.2) is 27.6 Å². The van der Waals surface area contributed by atoms with Crippen molar-refractivity contribution in [1.82, 2.24) is 9.78 Å². The second-order valence-corrected chi connectivity index (χ2v) is 9.78. The summed E-state index contributed by atoms with van der Waals surface area (Å²) in [7, 11) is 0. The van der Waals surface area contributed by atoms with E-state index in [2.05, 4.69) is 5.32 Å². The number of anilines is 2. The maximum absolute atomic E-state index is 14.3. The first-order valence-corrected chi connectivity index (χ1v) is 12.8. The molecule has 188 valence electrons. The highest BCUT2D eigenvalue weighted by atomic mass is 16.2. The van der Waals surface area contributed by atoms with Gasteiger partial charge in [0.1, 0.15) is 11.7 Å². The first-order valence-electron chi connectivity index (χ1n) is 12.8. The summed E-state index contributed by atoms with van der Waals surface area (Å²) in [5.74, 6) is -0.485. The molecule has 6 rings (SSSR count). The van der Waals surface area contributed by atoms with Gasteiger partial charge in [0, 0.05) is 16.8 Å². The Morgan fingerprint density at radius 2 is 1.45 bits per heavy atom. The van der Waals surface area contributed by atoms with E-state index in [1.807, 2.05) is 117 Å². The van der Waals surface area contributed by atoms with Gasteiger partial charge in [-0.3, -0.25) is 19.2 Å². The summed E-state index contributed by atoms with van der Waals surface area (Å²) in [6.07, 6.45) is 0.531. The number of carbonyl (C=O) groups is 2. The minimum atomic E-state index is -0.828. The highest BCUT2D eigenvalue weighted by Crippen LogP contribution is 2.37. The van der Waals surface area contributed by atoms with Crippen LogP contribution in [0.25, 0.3) is 10.9 Å². The molecule has 1 aliphatic heterocycles. The largest absolute Gasteiger partial charge is 0.324 e. The third-order valence-corrected chi connectivity index (χ3v) is 7.30. The SMILES string of the molecule is Cc1cccc(C)c1NC(=O)C1C(Cc2ccccc2)n2nc3ccccc3c2C(=O)N1c1ccccc1. The molecule has 0 saturated heterocycles. The Kier molecular flexibility index (Phi) is 6.00. The minimum Gasteiger partial charge on any atom is -0.324 e. The molecule has 0 bridgehead atoms. The van der Waals surface area contributed by atoms with Crippen molar-refractivity contribution in [2.75, 3.05) is 10.2 Å². The fraction of sp³-hybridized carbons (Fsp3) is 0.156. The van der Waals surface area contributed by atoms with E-state index in [1.54, 1.807) is 9.58 Å². The first kappa shape index (κ1) is 23.7. The zero-order valence-corrected chi connectivity index (χ0v) is 21.3. The van der Waals surface area contributed by atoms with Crippen molar-refractivity contribution in [3.05, 3.63) is 126 Å². The number of nitrogens with zero attached hydrogens (tertiary/aromatic N) is 3. The van der Waals surface area contributed by atoms with E-state index >= 15 is 0 Å². The predicted octanol–water partition coefficient (Wildman–Crippen LogP) is 6.10. The summed E-state index contributed by atoms with van der Waals surface area (Å²) in [5.41, 5.74) is 5.69. The third kappa shape index (κ3) is 4.04. The number of hydrogen-bond donors (Lipinski definition) is 1. The Morgan fingerprint density at radius 3 is 2.16 bits per heavy atom.